The highest BCUT2D eigenvalue weighted by Gasteiger charge is 2.34. The van der Waals surface area contributed by atoms with Gasteiger partial charge < -0.3 is 15.5 Å². The fourth-order valence-electron chi connectivity index (χ4n) is 2.85. The van der Waals surface area contributed by atoms with Crippen LogP contribution in [-0.4, -0.2) is 42.3 Å². The highest BCUT2D eigenvalue weighted by Crippen LogP contribution is 2.23. The van der Waals surface area contributed by atoms with Crippen molar-refractivity contribution < 1.29 is 14.4 Å². The molecule has 2 aromatic rings. The maximum atomic E-state index is 12.6. The number of amides is 3. The van der Waals surface area contributed by atoms with Gasteiger partial charge in [-0.3, -0.25) is 14.4 Å². The Morgan fingerprint density at radius 2 is 1.68 bits per heavy atom. The van der Waals surface area contributed by atoms with Crippen LogP contribution in [0, 0.1) is 0 Å². The first-order valence-electron chi connectivity index (χ1n) is 8.12. The van der Waals surface area contributed by atoms with Crippen LogP contribution in [0.3, 0.4) is 0 Å². The molecule has 25 heavy (non-hydrogen) atoms. The molecule has 2 aromatic carbocycles. The highest BCUT2D eigenvalue weighted by molar-refractivity contribution is 5.97. The molecule has 6 heteroatoms. The maximum absolute atomic E-state index is 12.6. The van der Waals surface area contributed by atoms with Crippen LogP contribution < -0.4 is 10.6 Å². The highest BCUT2D eigenvalue weighted by atomic mass is 16.2. The molecule has 0 radical (unpaired) electrons. The van der Waals surface area contributed by atoms with Crippen molar-refractivity contribution in [2.75, 3.05) is 19.6 Å². The van der Waals surface area contributed by atoms with E-state index in [2.05, 4.69) is 10.6 Å². The lowest BCUT2D eigenvalue weighted by Gasteiger charge is -2.35. The largest absolute Gasteiger partial charge is 0.352 e. The lowest BCUT2D eigenvalue weighted by atomic mass is 10.0. The molecular formula is C19H19N3O3. The number of rotatable bonds is 4. The van der Waals surface area contributed by atoms with E-state index < -0.39 is 6.04 Å². The minimum absolute atomic E-state index is 0.148. The second-order valence-electron chi connectivity index (χ2n) is 5.74. The number of piperazine rings is 1. The molecular weight excluding hydrogens is 318 g/mol. The summed E-state index contributed by atoms with van der Waals surface area (Å²) in [5, 5.41) is 5.41. The predicted octanol–water partition coefficient (Wildman–Crippen LogP) is 1.12. The summed E-state index contributed by atoms with van der Waals surface area (Å²) in [4.78, 5) is 38.5. The topological polar surface area (TPSA) is 78.5 Å². The van der Waals surface area contributed by atoms with Gasteiger partial charge in [0.15, 0.2) is 0 Å². The van der Waals surface area contributed by atoms with Crippen LogP contribution in [0.25, 0.3) is 0 Å². The molecule has 0 aromatic heterocycles. The molecule has 2 N–H and O–H groups in total. The van der Waals surface area contributed by atoms with Crippen molar-refractivity contribution in [3.63, 3.8) is 0 Å². The van der Waals surface area contributed by atoms with E-state index in [-0.39, 0.29) is 24.3 Å². The van der Waals surface area contributed by atoms with E-state index in [0.29, 0.717) is 18.7 Å². The van der Waals surface area contributed by atoms with E-state index >= 15 is 0 Å². The molecule has 128 valence electrons. The zero-order chi connectivity index (χ0) is 17.6. The Hall–Kier alpha value is -3.15. The lowest BCUT2D eigenvalue weighted by molar-refractivity contribution is -0.142. The van der Waals surface area contributed by atoms with Crippen LogP contribution >= 0.6 is 0 Å². The number of nitrogens with one attached hydrogen (secondary N) is 2. The van der Waals surface area contributed by atoms with Gasteiger partial charge in [-0.25, -0.2) is 0 Å². The van der Waals surface area contributed by atoms with Gasteiger partial charge in [-0.15, -0.1) is 0 Å². The molecule has 3 amide bonds. The van der Waals surface area contributed by atoms with Crippen molar-refractivity contribution in [1.29, 1.82) is 0 Å². The summed E-state index contributed by atoms with van der Waals surface area (Å²) in [6.45, 7) is 0.663. The van der Waals surface area contributed by atoms with Gasteiger partial charge in [0.25, 0.3) is 5.91 Å². The maximum Gasteiger partial charge on any atom is 0.251 e. The minimum Gasteiger partial charge on any atom is -0.352 e. The molecule has 1 heterocycles. The summed E-state index contributed by atoms with van der Waals surface area (Å²) in [5.41, 5.74) is 1.24. The van der Waals surface area contributed by atoms with Crippen molar-refractivity contribution in [2.45, 2.75) is 6.04 Å². The number of nitrogens with zero attached hydrogens (tertiary/aromatic N) is 1. The van der Waals surface area contributed by atoms with Gasteiger partial charge in [0.1, 0.15) is 6.04 Å². The van der Waals surface area contributed by atoms with Crippen molar-refractivity contribution in [3.8, 4) is 0 Å². The van der Waals surface area contributed by atoms with Gasteiger partial charge in [0.2, 0.25) is 11.8 Å². The first-order chi connectivity index (χ1) is 12.2. The van der Waals surface area contributed by atoms with Crippen LogP contribution in [0.2, 0.25) is 0 Å². The van der Waals surface area contributed by atoms with Crippen molar-refractivity contribution >= 4 is 17.7 Å². The second kappa shape index (κ2) is 7.61. The van der Waals surface area contributed by atoms with E-state index in [0.717, 1.165) is 5.56 Å². The zero-order valence-corrected chi connectivity index (χ0v) is 13.6. The molecule has 1 saturated heterocycles. The van der Waals surface area contributed by atoms with Crippen molar-refractivity contribution in [2.24, 2.45) is 0 Å². The fraction of sp³-hybridized carbons (Fsp3) is 0.211. The van der Waals surface area contributed by atoms with E-state index in [9.17, 15) is 14.4 Å². The van der Waals surface area contributed by atoms with Crippen LogP contribution in [0.15, 0.2) is 60.7 Å². The molecule has 1 unspecified atom stereocenters. The molecule has 0 saturated carbocycles. The summed E-state index contributed by atoms with van der Waals surface area (Å²) >= 11 is 0. The molecule has 1 fully saturated rings. The molecule has 0 bridgehead atoms. The smallest absolute Gasteiger partial charge is 0.251 e. The third kappa shape index (κ3) is 3.85. The average Bonchev–Trinajstić information content (AvgIpc) is 2.67. The monoisotopic (exact) mass is 337 g/mol. The Kier molecular flexibility index (Phi) is 5.09. The quantitative estimate of drug-likeness (QED) is 0.877. The van der Waals surface area contributed by atoms with Gasteiger partial charge in [-0.1, -0.05) is 48.5 Å². The van der Waals surface area contributed by atoms with Crippen molar-refractivity contribution in [1.82, 2.24) is 15.5 Å². The van der Waals surface area contributed by atoms with Crippen LogP contribution in [0.5, 0.6) is 0 Å². The molecule has 0 aliphatic carbocycles. The van der Waals surface area contributed by atoms with E-state index in [1.807, 2.05) is 36.4 Å². The number of hydrogen-bond acceptors (Lipinski definition) is 3. The normalized spacial score (nSPS) is 16.9. The molecule has 1 atom stereocenters. The van der Waals surface area contributed by atoms with Crippen LogP contribution in [-0.2, 0) is 9.59 Å². The third-order valence-electron chi connectivity index (χ3n) is 4.08. The molecule has 1 aliphatic rings. The van der Waals surface area contributed by atoms with E-state index in [4.69, 9.17) is 0 Å². The average molecular weight is 337 g/mol. The first kappa shape index (κ1) is 16.7. The predicted molar refractivity (Wildman–Crippen MR) is 92.7 cm³/mol. The summed E-state index contributed by atoms with van der Waals surface area (Å²) in [5.74, 6) is -0.806. The number of benzene rings is 2. The Bertz CT molecular complexity index is 762. The van der Waals surface area contributed by atoms with Crippen LogP contribution in [0.1, 0.15) is 22.0 Å². The Morgan fingerprint density at radius 1 is 1.04 bits per heavy atom. The molecule has 1 aliphatic heterocycles. The van der Waals surface area contributed by atoms with Crippen LogP contribution in [0.4, 0.5) is 0 Å². The van der Waals surface area contributed by atoms with Gasteiger partial charge in [-0.05, 0) is 17.7 Å². The molecule has 0 spiro atoms. The standard InChI is InChI=1S/C19H19N3O3/c23-16(13-21-18(24)15-9-5-2-6-10-15)22-12-11-20-19(25)17(22)14-7-3-1-4-8-14/h1-10,17H,11-13H2,(H,20,25)(H,21,24). The number of carbonyl (C=O) groups is 3. The van der Waals surface area contributed by atoms with Gasteiger partial charge in [0, 0.05) is 18.7 Å². The van der Waals surface area contributed by atoms with Crippen molar-refractivity contribution in [3.05, 3.63) is 71.8 Å². The van der Waals surface area contributed by atoms with Gasteiger partial charge in [0.05, 0.1) is 6.54 Å². The van der Waals surface area contributed by atoms with Gasteiger partial charge >= 0.3 is 0 Å². The second-order valence-corrected chi connectivity index (χ2v) is 5.74. The number of hydrogen-bond donors (Lipinski definition) is 2. The third-order valence-corrected chi connectivity index (χ3v) is 4.08. The summed E-state index contributed by atoms with van der Waals surface area (Å²) < 4.78 is 0. The summed E-state index contributed by atoms with van der Waals surface area (Å²) in [6, 6.07) is 17.2. The Balaban J connectivity index is 1.69. The van der Waals surface area contributed by atoms with E-state index in [1.165, 1.54) is 4.90 Å². The molecule has 3 rings (SSSR count). The van der Waals surface area contributed by atoms with E-state index in [1.54, 1.807) is 24.3 Å². The summed E-state index contributed by atoms with van der Waals surface area (Å²) in [6.07, 6.45) is 0. The lowest BCUT2D eigenvalue weighted by Crippen LogP contribution is -2.54. The zero-order valence-electron chi connectivity index (χ0n) is 13.6. The first-order valence-corrected chi connectivity index (χ1v) is 8.12. The van der Waals surface area contributed by atoms with Gasteiger partial charge in [-0.2, -0.15) is 0 Å². The molecule has 6 nitrogen and oxygen atoms in total. The fourth-order valence-corrected chi connectivity index (χ4v) is 2.85. The SMILES string of the molecule is O=C(NCC(=O)N1CCNC(=O)C1c1ccccc1)c1ccccc1. The summed E-state index contributed by atoms with van der Waals surface area (Å²) in [7, 11) is 0. The Morgan fingerprint density at radius 3 is 2.36 bits per heavy atom. The number of carbonyl (C=O) groups excluding carboxylic acids is 3. The minimum atomic E-state index is -0.670. The Labute approximate surface area is 145 Å².